The number of hydrogen-bond acceptors (Lipinski definition) is 6. The molecule has 3 atom stereocenters. The second kappa shape index (κ2) is 8.99. The third kappa shape index (κ3) is 4.88. The first-order valence-electron chi connectivity index (χ1n) is 7.28. The minimum absolute atomic E-state index is 0.289. The van der Waals surface area contributed by atoms with Gasteiger partial charge in [0.05, 0.1) is 13.2 Å². The molecule has 0 saturated carbocycles. The van der Waals surface area contributed by atoms with Gasteiger partial charge in [-0.1, -0.05) is 0 Å². The van der Waals surface area contributed by atoms with Crippen molar-refractivity contribution >= 4 is 29.6 Å². The number of carboxylic acids is 1. The Morgan fingerprint density at radius 3 is 2.68 bits per heavy atom. The number of likely N-dealkylation sites (tertiary alicyclic amines) is 1. The van der Waals surface area contributed by atoms with Gasteiger partial charge in [0.15, 0.2) is 0 Å². The molecule has 0 aromatic rings. The third-order valence-electron chi connectivity index (χ3n) is 3.74. The lowest BCUT2D eigenvalue weighted by atomic mass is 10.1. The van der Waals surface area contributed by atoms with Crippen molar-refractivity contribution in [3.63, 3.8) is 0 Å². The van der Waals surface area contributed by atoms with E-state index < -0.39 is 30.1 Å². The Morgan fingerprint density at radius 2 is 2.14 bits per heavy atom. The van der Waals surface area contributed by atoms with Gasteiger partial charge in [0.2, 0.25) is 5.91 Å². The third-order valence-corrected chi connectivity index (χ3v) is 4.38. The maximum atomic E-state index is 12.4. The van der Waals surface area contributed by atoms with Gasteiger partial charge < -0.3 is 14.7 Å². The molecule has 2 N–H and O–H groups in total. The quantitative estimate of drug-likeness (QED) is 0.619. The number of aliphatic carboxylic acids is 1. The smallest absolute Gasteiger partial charge is 0.326 e. The molecule has 22 heavy (non-hydrogen) atoms. The molecular formula is C14H24N2O5S. The van der Waals surface area contributed by atoms with Crippen LogP contribution in [0.2, 0.25) is 0 Å². The maximum Gasteiger partial charge on any atom is 0.326 e. The molecule has 0 unspecified atom stereocenters. The van der Waals surface area contributed by atoms with Crippen LogP contribution in [0.1, 0.15) is 26.2 Å². The molecule has 0 radical (unpaired) electrons. The van der Waals surface area contributed by atoms with E-state index >= 15 is 0 Å². The number of carbonyl (C=O) groups is 3. The Morgan fingerprint density at radius 1 is 1.45 bits per heavy atom. The van der Waals surface area contributed by atoms with E-state index in [0.29, 0.717) is 25.8 Å². The van der Waals surface area contributed by atoms with Gasteiger partial charge in [-0.05, 0) is 38.2 Å². The minimum Gasteiger partial charge on any atom is -0.480 e. The Bertz CT molecular complexity index is 418. The van der Waals surface area contributed by atoms with Gasteiger partial charge >= 0.3 is 11.9 Å². The molecule has 1 rings (SSSR count). The molecule has 1 saturated heterocycles. The summed E-state index contributed by atoms with van der Waals surface area (Å²) in [6.45, 7) is 2.09. The van der Waals surface area contributed by atoms with E-state index in [4.69, 9.17) is 9.84 Å². The van der Waals surface area contributed by atoms with Crippen LogP contribution in [0.5, 0.6) is 0 Å². The number of thioether (sulfide) groups is 1. The van der Waals surface area contributed by atoms with Gasteiger partial charge in [0.1, 0.15) is 12.1 Å². The van der Waals surface area contributed by atoms with Crippen molar-refractivity contribution in [2.45, 2.75) is 44.3 Å². The first-order chi connectivity index (χ1) is 10.4. The lowest BCUT2D eigenvalue weighted by molar-refractivity contribution is -0.149. The summed E-state index contributed by atoms with van der Waals surface area (Å²) in [5, 5.41) is 12.1. The largest absolute Gasteiger partial charge is 0.480 e. The monoisotopic (exact) mass is 332 g/mol. The van der Waals surface area contributed by atoms with Crippen molar-refractivity contribution in [1.29, 1.82) is 0 Å². The fourth-order valence-electron chi connectivity index (χ4n) is 2.56. The summed E-state index contributed by atoms with van der Waals surface area (Å²) in [5.74, 6) is -0.924. The Balaban J connectivity index is 2.67. The highest BCUT2D eigenvalue weighted by molar-refractivity contribution is 7.98. The van der Waals surface area contributed by atoms with E-state index in [-0.39, 0.29) is 5.91 Å². The number of rotatable bonds is 8. The highest BCUT2D eigenvalue weighted by Crippen LogP contribution is 2.18. The van der Waals surface area contributed by atoms with Crippen molar-refractivity contribution in [2.75, 3.05) is 25.7 Å². The molecule has 1 fully saturated rings. The number of ether oxygens (including phenoxy) is 1. The topological polar surface area (TPSA) is 95.9 Å². The first kappa shape index (κ1) is 18.8. The van der Waals surface area contributed by atoms with Crippen LogP contribution in [0.25, 0.3) is 0 Å². The van der Waals surface area contributed by atoms with Crippen LogP contribution in [0.3, 0.4) is 0 Å². The number of hydrogen-bond donors (Lipinski definition) is 2. The van der Waals surface area contributed by atoms with E-state index in [0.717, 1.165) is 5.75 Å². The molecule has 0 spiro atoms. The number of esters is 1. The van der Waals surface area contributed by atoms with Crippen molar-refractivity contribution in [3.05, 3.63) is 0 Å². The van der Waals surface area contributed by atoms with Crippen molar-refractivity contribution in [2.24, 2.45) is 0 Å². The molecule has 1 aliphatic rings. The number of carbonyl (C=O) groups excluding carboxylic acids is 2. The van der Waals surface area contributed by atoms with Gasteiger partial charge in [-0.3, -0.25) is 14.9 Å². The molecule has 1 amide bonds. The fraction of sp³-hybridized carbons (Fsp3) is 0.786. The Labute approximate surface area is 134 Å². The minimum atomic E-state index is -0.982. The highest BCUT2D eigenvalue weighted by Gasteiger charge is 2.36. The molecular weight excluding hydrogens is 308 g/mol. The van der Waals surface area contributed by atoms with Crippen LogP contribution >= 0.6 is 11.8 Å². The summed E-state index contributed by atoms with van der Waals surface area (Å²) in [4.78, 5) is 36.7. The molecule has 1 aliphatic heterocycles. The Hall–Kier alpha value is -1.28. The predicted molar refractivity (Wildman–Crippen MR) is 83.8 cm³/mol. The zero-order chi connectivity index (χ0) is 16.7. The second-order valence-corrected chi connectivity index (χ2v) is 6.26. The van der Waals surface area contributed by atoms with Crippen molar-refractivity contribution < 1.29 is 24.2 Å². The number of amides is 1. The molecule has 0 aromatic carbocycles. The average Bonchev–Trinajstić information content (AvgIpc) is 2.99. The van der Waals surface area contributed by atoms with Crippen LogP contribution in [-0.4, -0.2) is 71.6 Å². The number of methoxy groups -OCH3 is 1. The van der Waals surface area contributed by atoms with E-state index in [1.807, 2.05) is 6.26 Å². The summed E-state index contributed by atoms with van der Waals surface area (Å²) in [6.07, 6.45) is 3.64. The predicted octanol–water partition coefficient (Wildman–Crippen LogP) is 0.335. The normalized spacial score (nSPS) is 20.5. The second-order valence-electron chi connectivity index (χ2n) is 5.27. The van der Waals surface area contributed by atoms with Gasteiger partial charge in [-0.25, -0.2) is 4.79 Å². The van der Waals surface area contributed by atoms with Crippen LogP contribution in [0.15, 0.2) is 0 Å². The zero-order valence-corrected chi connectivity index (χ0v) is 14.0. The molecule has 1 heterocycles. The first-order valence-corrected chi connectivity index (χ1v) is 8.67. The zero-order valence-electron chi connectivity index (χ0n) is 13.2. The van der Waals surface area contributed by atoms with E-state index in [1.54, 1.807) is 18.7 Å². The van der Waals surface area contributed by atoms with Crippen LogP contribution in [0, 0.1) is 0 Å². The van der Waals surface area contributed by atoms with Crippen LogP contribution < -0.4 is 5.32 Å². The molecule has 0 aromatic heterocycles. The SMILES string of the molecule is COC(=O)[C@H](CCSC)N[C@@H](C)C(=O)N1CCC[C@@H]1C(=O)O. The summed E-state index contributed by atoms with van der Waals surface area (Å²) in [5.41, 5.74) is 0. The van der Waals surface area contributed by atoms with Gasteiger partial charge in [-0.15, -0.1) is 0 Å². The van der Waals surface area contributed by atoms with Gasteiger partial charge in [0.25, 0.3) is 0 Å². The summed E-state index contributed by atoms with van der Waals surface area (Å²) in [7, 11) is 1.31. The van der Waals surface area contributed by atoms with E-state index in [1.165, 1.54) is 12.0 Å². The molecule has 8 heteroatoms. The van der Waals surface area contributed by atoms with Crippen LogP contribution in [-0.2, 0) is 19.1 Å². The number of nitrogens with one attached hydrogen (secondary N) is 1. The van der Waals surface area contributed by atoms with E-state index in [2.05, 4.69) is 5.32 Å². The lowest BCUT2D eigenvalue weighted by Gasteiger charge is -2.27. The van der Waals surface area contributed by atoms with Gasteiger partial charge in [-0.2, -0.15) is 11.8 Å². The van der Waals surface area contributed by atoms with Crippen molar-refractivity contribution in [1.82, 2.24) is 10.2 Å². The van der Waals surface area contributed by atoms with E-state index in [9.17, 15) is 14.4 Å². The Kier molecular flexibility index (Phi) is 7.67. The molecule has 0 bridgehead atoms. The number of nitrogens with zero attached hydrogens (tertiary/aromatic N) is 1. The van der Waals surface area contributed by atoms with Crippen LogP contribution in [0.4, 0.5) is 0 Å². The lowest BCUT2D eigenvalue weighted by Crippen LogP contribution is -2.53. The summed E-state index contributed by atoms with van der Waals surface area (Å²) < 4.78 is 4.75. The summed E-state index contributed by atoms with van der Waals surface area (Å²) >= 11 is 1.60. The number of carboxylic acid groups (broad SMARTS) is 1. The maximum absolute atomic E-state index is 12.4. The fourth-order valence-corrected chi connectivity index (χ4v) is 3.03. The standard InChI is InChI=1S/C14H24N2O5S/c1-9(15-10(6-8-22-3)14(20)21-2)12(17)16-7-4-5-11(16)13(18)19/h9-11,15H,4-8H2,1-3H3,(H,18,19)/t9-,10-,11+/m0/s1. The highest BCUT2D eigenvalue weighted by atomic mass is 32.2. The van der Waals surface area contributed by atoms with Crippen molar-refractivity contribution in [3.8, 4) is 0 Å². The average molecular weight is 332 g/mol. The molecule has 7 nitrogen and oxygen atoms in total. The molecule has 126 valence electrons. The molecule has 0 aliphatic carbocycles. The summed E-state index contributed by atoms with van der Waals surface area (Å²) in [6, 6.07) is -1.97. The van der Waals surface area contributed by atoms with Gasteiger partial charge in [0, 0.05) is 6.54 Å².